The number of piperidine rings is 1. The van der Waals surface area contributed by atoms with Crippen molar-refractivity contribution in [2.75, 3.05) is 27.3 Å². The van der Waals surface area contributed by atoms with Crippen molar-refractivity contribution in [1.82, 2.24) is 19.9 Å². The van der Waals surface area contributed by atoms with Crippen molar-refractivity contribution in [3.05, 3.63) is 52.1 Å². The van der Waals surface area contributed by atoms with Crippen LogP contribution < -0.4 is 14.8 Å². The van der Waals surface area contributed by atoms with Gasteiger partial charge in [-0.1, -0.05) is 16.8 Å². The summed E-state index contributed by atoms with van der Waals surface area (Å²) in [6, 6.07) is 11.9. The second-order valence-electron chi connectivity index (χ2n) is 9.54. The second kappa shape index (κ2) is 10.8. The lowest BCUT2D eigenvalue weighted by Gasteiger charge is -2.34. The van der Waals surface area contributed by atoms with Crippen molar-refractivity contribution in [3.8, 4) is 22.1 Å². The van der Waals surface area contributed by atoms with Crippen LogP contribution in [0.2, 0.25) is 4.34 Å². The molecule has 37 heavy (non-hydrogen) atoms. The van der Waals surface area contributed by atoms with Gasteiger partial charge in [0.15, 0.2) is 5.76 Å². The summed E-state index contributed by atoms with van der Waals surface area (Å²) >= 11 is 7.52. The topological polar surface area (TPSA) is 81.8 Å². The maximum Gasteiger partial charge on any atom is 0.268 e. The van der Waals surface area contributed by atoms with Crippen LogP contribution in [0.25, 0.3) is 21.5 Å². The SMILES string of the molecule is COc1cc(OC)c2cc(C(=O)NC3CCN(C(C)C)CC3)n(Cc3cc(-c4ccc(Cl)s4)on3)c2c1. The Balaban J connectivity index is 1.48. The molecule has 0 spiro atoms. The van der Waals surface area contributed by atoms with Crippen LogP contribution in [0, 0.1) is 0 Å². The Morgan fingerprint density at radius 3 is 2.62 bits per heavy atom. The minimum Gasteiger partial charge on any atom is -0.497 e. The zero-order valence-electron chi connectivity index (χ0n) is 21.4. The summed E-state index contributed by atoms with van der Waals surface area (Å²) in [4.78, 5) is 17.0. The Bertz CT molecular complexity index is 1400. The second-order valence-corrected chi connectivity index (χ2v) is 11.3. The molecule has 1 aromatic carbocycles. The van der Waals surface area contributed by atoms with E-state index in [1.54, 1.807) is 14.2 Å². The lowest BCUT2D eigenvalue weighted by atomic mass is 10.0. The first kappa shape index (κ1) is 25.6. The molecule has 1 fully saturated rings. The third-order valence-corrected chi connectivity index (χ3v) is 8.18. The van der Waals surface area contributed by atoms with E-state index in [0.717, 1.165) is 41.7 Å². The molecule has 1 saturated heterocycles. The predicted molar refractivity (Wildman–Crippen MR) is 146 cm³/mol. The monoisotopic (exact) mass is 542 g/mol. The normalized spacial score (nSPS) is 15.0. The first-order chi connectivity index (χ1) is 17.9. The number of amides is 1. The van der Waals surface area contributed by atoms with Crippen LogP contribution >= 0.6 is 22.9 Å². The molecule has 0 aliphatic carbocycles. The number of carbonyl (C=O) groups excluding carboxylic acids is 1. The van der Waals surface area contributed by atoms with E-state index in [9.17, 15) is 4.79 Å². The molecule has 10 heteroatoms. The summed E-state index contributed by atoms with van der Waals surface area (Å²) in [5, 5.41) is 8.37. The average molecular weight is 543 g/mol. The Kier molecular flexibility index (Phi) is 7.46. The van der Waals surface area contributed by atoms with E-state index in [1.807, 2.05) is 41.0 Å². The fraction of sp³-hybridized carbons (Fsp3) is 0.407. The van der Waals surface area contributed by atoms with Crippen LogP contribution in [0.1, 0.15) is 42.9 Å². The predicted octanol–water partition coefficient (Wildman–Crippen LogP) is 5.68. The van der Waals surface area contributed by atoms with Gasteiger partial charge in [0.2, 0.25) is 0 Å². The van der Waals surface area contributed by atoms with Crippen molar-refractivity contribution in [1.29, 1.82) is 0 Å². The number of carbonyl (C=O) groups is 1. The van der Waals surface area contributed by atoms with Crippen molar-refractivity contribution in [2.45, 2.75) is 45.3 Å². The smallest absolute Gasteiger partial charge is 0.268 e. The number of rotatable bonds is 8. The molecule has 1 N–H and O–H groups in total. The minimum atomic E-state index is -0.117. The van der Waals surface area contributed by atoms with Gasteiger partial charge in [0.25, 0.3) is 5.91 Å². The minimum absolute atomic E-state index is 0.117. The molecule has 3 aromatic heterocycles. The van der Waals surface area contributed by atoms with Crippen molar-refractivity contribution in [2.24, 2.45) is 0 Å². The van der Waals surface area contributed by atoms with Crippen LogP contribution in [0.5, 0.6) is 11.5 Å². The molecule has 5 rings (SSSR count). The molecule has 0 bridgehead atoms. The molecule has 1 aliphatic rings. The molecule has 0 atom stereocenters. The lowest BCUT2D eigenvalue weighted by Crippen LogP contribution is -2.46. The van der Waals surface area contributed by atoms with Crippen LogP contribution in [0.3, 0.4) is 0 Å². The quantitative estimate of drug-likeness (QED) is 0.308. The zero-order valence-corrected chi connectivity index (χ0v) is 23.0. The molecular formula is C27H31ClN4O4S. The molecule has 0 unspecified atom stereocenters. The molecule has 4 heterocycles. The largest absolute Gasteiger partial charge is 0.497 e. The van der Waals surface area contributed by atoms with Gasteiger partial charge in [0.05, 0.1) is 35.5 Å². The highest BCUT2D eigenvalue weighted by atomic mass is 35.5. The highest BCUT2D eigenvalue weighted by Crippen LogP contribution is 2.35. The van der Waals surface area contributed by atoms with Gasteiger partial charge in [-0.05, 0) is 44.9 Å². The van der Waals surface area contributed by atoms with Crippen molar-refractivity contribution >= 4 is 39.7 Å². The number of halogens is 1. The summed E-state index contributed by atoms with van der Waals surface area (Å²) in [6.45, 7) is 6.72. The van der Waals surface area contributed by atoms with E-state index in [1.165, 1.54) is 11.3 Å². The first-order valence-electron chi connectivity index (χ1n) is 12.4. The number of hydrogen-bond donors (Lipinski definition) is 1. The van der Waals surface area contributed by atoms with E-state index in [0.29, 0.717) is 45.6 Å². The fourth-order valence-corrected chi connectivity index (χ4v) is 5.87. The highest BCUT2D eigenvalue weighted by molar-refractivity contribution is 7.19. The maximum absolute atomic E-state index is 13.6. The summed E-state index contributed by atoms with van der Waals surface area (Å²) < 4.78 is 19.4. The zero-order chi connectivity index (χ0) is 26.1. The molecule has 196 valence electrons. The van der Waals surface area contributed by atoms with Crippen LogP contribution in [-0.2, 0) is 6.54 Å². The number of likely N-dealkylation sites (tertiary alicyclic amines) is 1. The fourth-order valence-electron chi connectivity index (χ4n) is 4.88. The van der Waals surface area contributed by atoms with Gasteiger partial charge in [0, 0.05) is 48.8 Å². The third-order valence-electron chi connectivity index (χ3n) is 6.93. The summed E-state index contributed by atoms with van der Waals surface area (Å²) in [7, 11) is 3.23. The third kappa shape index (κ3) is 5.35. The molecule has 1 amide bonds. The van der Waals surface area contributed by atoms with Crippen LogP contribution in [0.15, 0.2) is 40.9 Å². The van der Waals surface area contributed by atoms with E-state index in [2.05, 4.69) is 29.2 Å². The Labute approximate surface area is 225 Å². The number of hydrogen-bond acceptors (Lipinski definition) is 7. The summed E-state index contributed by atoms with van der Waals surface area (Å²) in [6.07, 6.45) is 1.86. The number of aromatic nitrogens is 2. The van der Waals surface area contributed by atoms with Gasteiger partial charge in [0.1, 0.15) is 22.9 Å². The molecule has 4 aromatic rings. The lowest BCUT2D eigenvalue weighted by molar-refractivity contribution is 0.0892. The number of nitrogens with one attached hydrogen (secondary N) is 1. The number of fused-ring (bicyclic) bond motifs is 1. The summed E-state index contributed by atoms with van der Waals surface area (Å²) in [5.41, 5.74) is 2.05. The van der Waals surface area contributed by atoms with E-state index in [-0.39, 0.29) is 11.9 Å². The molecule has 0 saturated carbocycles. The van der Waals surface area contributed by atoms with Crippen molar-refractivity contribution in [3.63, 3.8) is 0 Å². The van der Waals surface area contributed by atoms with Gasteiger partial charge in [-0.2, -0.15) is 0 Å². The number of ether oxygens (including phenoxy) is 2. The Hall–Kier alpha value is -3.01. The van der Waals surface area contributed by atoms with Gasteiger partial charge >= 0.3 is 0 Å². The highest BCUT2D eigenvalue weighted by Gasteiger charge is 2.26. The van der Waals surface area contributed by atoms with E-state index < -0.39 is 0 Å². The molecule has 1 aliphatic heterocycles. The van der Waals surface area contributed by atoms with Gasteiger partial charge < -0.3 is 28.8 Å². The van der Waals surface area contributed by atoms with Crippen LogP contribution in [0.4, 0.5) is 0 Å². The van der Waals surface area contributed by atoms with E-state index in [4.69, 9.17) is 25.6 Å². The number of methoxy groups -OCH3 is 2. The number of benzene rings is 1. The van der Waals surface area contributed by atoms with E-state index >= 15 is 0 Å². The van der Waals surface area contributed by atoms with Gasteiger partial charge in [-0.3, -0.25) is 4.79 Å². The van der Waals surface area contributed by atoms with Crippen LogP contribution in [-0.4, -0.2) is 59.9 Å². The molecular weight excluding hydrogens is 512 g/mol. The number of nitrogens with zero attached hydrogens (tertiary/aromatic N) is 3. The van der Waals surface area contributed by atoms with Gasteiger partial charge in [-0.25, -0.2) is 0 Å². The first-order valence-corrected chi connectivity index (χ1v) is 13.6. The van der Waals surface area contributed by atoms with Gasteiger partial charge in [-0.15, -0.1) is 11.3 Å². The standard InChI is InChI=1S/C27H31ClN4O4S/c1-16(2)31-9-7-17(8-10-31)29-27(33)22-14-20-21(12-19(34-3)13-23(20)35-4)32(22)15-18-11-24(36-30-18)25-5-6-26(28)37-25/h5-6,11-14,16-17H,7-10,15H2,1-4H3,(H,29,33). The Morgan fingerprint density at radius 2 is 1.97 bits per heavy atom. The maximum atomic E-state index is 13.6. The van der Waals surface area contributed by atoms with Crippen molar-refractivity contribution < 1.29 is 18.8 Å². The molecule has 8 nitrogen and oxygen atoms in total. The molecule has 0 radical (unpaired) electrons. The number of thiophene rings is 1. The average Bonchev–Trinajstić information content (AvgIpc) is 3.63. The summed E-state index contributed by atoms with van der Waals surface area (Å²) in [5.74, 6) is 1.81. The Morgan fingerprint density at radius 1 is 1.19 bits per heavy atom.